The Bertz CT molecular complexity index is 340. The first-order valence-corrected chi connectivity index (χ1v) is 4.66. The molecule has 0 fully saturated rings. The molecule has 0 atom stereocenters. The van der Waals surface area contributed by atoms with Crippen LogP contribution in [0.5, 0.6) is 17.2 Å². The van der Waals surface area contributed by atoms with Gasteiger partial charge in [0.25, 0.3) is 0 Å². The molecule has 0 heterocycles. The van der Waals surface area contributed by atoms with Gasteiger partial charge in [0, 0.05) is 5.56 Å². The third-order valence-corrected chi connectivity index (χ3v) is 1.94. The predicted molar refractivity (Wildman–Crippen MR) is 56.4 cm³/mol. The van der Waals surface area contributed by atoms with Crippen LogP contribution in [-0.4, -0.2) is 33.8 Å². The average molecular weight is 228 g/mol. The van der Waals surface area contributed by atoms with Gasteiger partial charge in [-0.05, 0) is 12.1 Å². The normalized spacial score (nSPS) is 9.69. The van der Waals surface area contributed by atoms with Crippen LogP contribution >= 0.6 is 0 Å². The molecular formula is C11H13FO4. The zero-order valence-corrected chi connectivity index (χ0v) is 9.16. The van der Waals surface area contributed by atoms with Crippen molar-refractivity contribution in [2.75, 3.05) is 27.5 Å². The number of aldehydes is 1. The highest BCUT2D eigenvalue weighted by atomic mass is 19.1. The second kappa shape index (κ2) is 5.95. The van der Waals surface area contributed by atoms with Gasteiger partial charge < -0.3 is 14.2 Å². The van der Waals surface area contributed by atoms with E-state index in [1.165, 1.54) is 26.4 Å². The molecule has 88 valence electrons. The molecule has 0 aromatic heterocycles. The molecule has 0 amide bonds. The summed E-state index contributed by atoms with van der Waals surface area (Å²) < 4.78 is 27.3. The summed E-state index contributed by atoms with van der Waals surface area (Å²) in [4.78, 5) is 10.7. The summed E-state index contributed by atoms with van der Waals surface area (Å²) in [6.45, 7) is -0.700. The summed E-state index contributed by atoms with van der Waals surface area (Å²) in [6, 6.07) is 3.01. The van der Waals surface area contributed by atoms with Crippen LogP contribution in [0.25, 0.3) is 0 Å². The number of hydrogen-bond acceptors (Lipinski definition) is 4. The molecule has 0 aliphatic carbocycles. The van der Waals surface area contributed by atoms with Crippen LogP contribution in [0.3, 0.4) is 0 Å². The lowest BCUT2D eigenvalue weighted by Gasteiger charge is -2.13. The third kappa shape index (κ3) is 2.62. The Hall–Kier alpha value is -1.78. The molecule has 1 aromatic carbocycles. The highest BCUT2D eigenvalue weighted by Gasteiger charge is 2.13. The fourth-order valence-corrected chi connectivity index (χ4v) is 1.25. The first-order valence-electron chi connectivity index (χ1n) is 4.66. The van der Waals surface area contributed by atoms with Crippen LogP contribution in [0.4, 0.5) is 4.39 Å². The maximum Gasteiger partial charge on any atom is 0.203 e. The molecule has 0 radical (unpaired) electrons. The van der Waals surface area contributed by atoms with Crippen molar-refractivity contribution in [2.24, 2.45) is 0 Å². The van der Waals surface area contributed by atoms with Crippen LogP contribution < -0.4 is 14.2 Å². The minimum atomic E-state index is -0.609. The van der Waals surface area contributed by atoms with Gasteiger partial charge in [0.05, 0.1) is 14.2 Å². The zero-order chi connectivity index (χ0) is 12.0. The second-order valence-electron chi connectivity index (χ2n) is 2.91. The molecule has 5 heteroatoms. The molecule has 0 aliphatic heterocycles. The van der Waals surface area contributed by atoms with Crippen LogP contribution in [-0.2, 0) is 0 Å². The van der Waals surface area contributed by atoms with E-state index in [0.29, 0.717) is 29.1 Å². The van der Waals surface area contributed by atoms with Crippen LogP contribution in [0.2, 0.25) is 0 Å². The standard InChI is InChI=1S/C11H13FO4/c1-14-9-5-8(7-13)6-10(15-2)11(9)16-4-3-12/h5-7H,3-4H2,1-2H3. The first kappa shape index (κ1) is 12.3. The van der Waals surface area contributed by atoms with Crippen molar-refractivity contribution in [3.8, 4) is 17.2 Å². The Morgan fingerprint density at radius 3 is 2.19 bits per heavy atom. The molecular weight excluding hydrogens is 215 g/mol. The van der Waals surface area contributed by atoms with Crippen molar-refractivity contribution in [3.05, 3.63) is 17.7 Å². The molecule has 16 heavy (non-hydrogen) atoms. The molecule has 4 nitrogen and oxygen atoms in total. The van der Waals surface area contributed by atoms with Crippen LogP contribution in [0, 0.1) is 0 Å². The molecule has 0 saturated heterocycles. The van der Waals surface area contributed by atoms with Crippen LogP contribution in [0.1, 0.15) is 10.4 Å². The lowest BCUT2D eigenvalue weighted by Crippen LogP contribution is -2.03. The van der Waals surface area contributed by atoms with Gasteiger partial charge in [-0.2, -0.15) is 0 Å². The Morgan fingerprint density at radius 1 is 1.25 bits per heavy atom. The van der Waals surface area contributed by atoms with Gasteiger partial charge in [0.2, 0.25) is 5.75 Å². The minimum absolute atomic E-state index is 0.0901. The van der Waals surface area contributed by atoms with Crippen molar-refractivity contribution >= 4 is 6.29 Å². The average Bonchev–Trinajstić information content (AvgIpc) is 2.35. The minimum Gasteiger partial charge on any atom is -0.493 e. The largest absolute Gasteiger partial charge is 0.493 e. The molecule has 0 saturated carbocycles. The number of rotatable bonds is 6. The molecule has 0 aliphatic rings. The Balaban J connectivity index is 3.14. The van der Waals surface area contributed by atoms with Crippen molar-refractivity contribution < 1.29 is 23.4 Å². The van der Waals surface area contributed by atoms with E-state index in [4.69, 9.17) is 14.2 Å². The number of carbonyl (C=O) groups is 1. The van der Waals surface area contributed by atoms with E-state index in [0.717, 1.165) is 0 Å². The topological polar surface area (TPSA) is 44.8 Å². The van der Waals surface area contributed by atoms with E-state index < -0.39 is 6.67 Å². The van der Waals surface area contributed by atoms with Gasteiger partial charge in [0.1, 0.15) is 19.6 Å². The van der Waals surface area contributed by atoms with Gasteiger partial charge in [-0.3, -0.25) is 4.79 Å². The summed E-state index contributed by atoms with van der Waals surface area (Å²) in [5.41, 5.74) is 0.404. The molecule has 1 aromatic rings. The van der Waals surface area contributed by atoms with E-state index >= 15 is 0 Å². The highest BCUT2D eigenvalue weighted by Crippen LogP contribution is 2.38. The van der Waals surface area contributed by atoms with E-state index in [9.17, 15) is 9.18 Å². The first-order chi connectivity index (χ1) is 7.76. The summed E-state index contributed by atoms with van der Waals surface area (Å²) in [5.74, 6) is 0.984. The summed E-state index contributed by atoms with van der Waals surface area (Å²) >= 11 is 0. The van der Waals surface area contributed by atoms with Crippen molar-refractivity contribution in [1.29, 1.82) is 0 Å². The number of methoxy groups -OCH3 is 2. The maximum absolute atomic E-state index is 12.0. The monoisotopic (exact) mass is 228 g/mol. The predicted octanol–water partition coefficient (Wildman–Crippen LogP) is 1.86. The Morgan fingerprint density at radius 2 is 1.81 bits per heavy atom. The lowest BCUT2D eigenvalue weighted by atomic mass is 10.2. The quantitative estimate of drug-likeness (QED) is 0.697. The lowest BCUT2D eigenvalue weighted by molar-refractivity contribution is 0.112. The smallest absolute Gasteiger partial charge is 0.203 e. The SMILES string of the molecule is COc1cc(C=O)cc(OC)c1OCCF. The molecule has 0 N–H and O–H groups in total. The summed E-state index contributed by atoms with van der Waals surface area (Å²) in [6.07, 6.45) is 0.671. The summed E-state index contributed by atoms with van der Waals surface area (Å²) in [5, 5.41) is 0. The second-order valence-corrected chi connectivity index (χ2v) is 2.91. The molecule has 0 bridgehead atoms. The van der Waals surface area contributed by atoms with Gasteiger partial charge >= 0.3 is 0 Å². The number of ether oxygens (including phenoxy) is 3. The summed E-state index contributed by atoms with van der Waals surface area (Å²) in [7, 11) is 2.87. The van der Waals surface area contributed by atoms with E-state index in [-0.39, 0.29) is 6.61 Å². The molecule has 0 spiro atoms. The van der Waals surface area contributed by atoms with Gasteiger partial charge in [-0.1, -0.05) is 0 Å². The maximum atomic E-state index is 12.0. The van der Waals surface area contributed by atoms with Crippen LogP contribution in [0.15, 0.2) is 12.1 Å². The number of carbonyl (C=O) groups excluding carboxylic acids is 1. The van der Waals surface area contributed by atoms with Gasteiger partial charge in [0.15, 0.2) is 11.5 Å². The number of benzene rings is 1. The number of hydrogen-bond donors (Lipinski definition) is 0. The fourth-order valence-electron chi connectivity index (χ4n) is 1.25. The Kier molecular flexibility index (Phi) is 4.57. The Labute approximate surface area is 92.9 Å². The highest BCUT2D eigenvalue weighted by molar-refractivity contribution is 5.78. The van der Waals surface area contributed by atoms with E-state index in [1.807, 2.05) is 0 Å². The zero-order valence-electron chi connectivity index (χ0n) is 9.16. The third-order valence-electron chi connectivity index (χ3n) is 1.94. The van der Waals surface area contributed by atoms with Crippen molar-refractivity contribution in [2.45, 2.75) is 0 Å². The fraction of sp³-hybridized carbons (Fsp3) is 0.364. The van der Waals surface area contributed by atoms with E-state index in [2.05, 4.69) is 0 Å². The van der Waals surface area contributed by atoms with Gasteiger partial charge in [-0.15, -0.1) is 0 Å². The number of alkyl halides is 1. The number of halogens is 1. The van der Waals surface area contributed by atoms with E-state index in [1.54, 1.807) is 0 Å². The van der Waals surface area contributed by atoms with Gasteiger partial charge in [-0.25, -0.2) is 4.39 Å². The molecule has 1 rings (SSSR count). The van der Waals surface area contributed by atoms with Crippen molar-refractivity contribution in [3.63, 3.8) is 0 Å². The van der Waals surface area contributed by atoms with Crippen molar-refractivity contribution in [1.82, 2.24) is 0 Å². The molecule has 0 unspecified atom stereocenters.